The quantitative estimate of drug-likeness (QED) is 0.264. The summed E-state index contributed by atoms with van der Waals surface area (Å²) in [6, 6.07) is 18.5. The Balaban J connectivity index is 1.87. The summed E-state index contributed by atoms with van der Waals surface area (Å²) in [6.45, 7) is 6.86. The maximum Gasteiger partial charge on any atom is 0.339 e. The Kier molecular flexibility index (Phi) is 7.83. The van der Waals surface area contributed by atoms with Gasteiger partial charge in [0.15, 0.2) is 11.5 Å². The van der Waals surface area contributed by atoms with E-state index in [1.54, 1.807) is 24.3 Å². The van der Waals surface area contributed by atoms with Gasteiger partial charge in [-0.25, -0.2) is 0 Å². The molecule has 3 aromatic carbocycles. The molecule has 31 heavy (non-hydrogen) atoms. The Bertz CT molecular complexity index is 1140. The van der Waals surface area contributed by atoms with Crippen molar-refractivity contribution in [3.8, 4) is 11.5 Å². The smallest absolute Gasteiger partial charge is 0.339 e. The predicted molar refractivity (Wildman–Crippen MR) is 132 cm³/mol. The number of hydrogen-bond acceptors (Lipinski definition) is 5. The Labute approximate surface area is 198 Å². The number of rotatable bonds is 9. The van der Waals surface area contributed by atoms with E-state index in [9.17, 15) is 8.42 Å². The van der Waals surface area contributed by atoms with Crippen LogP contribution in [0, 0.1) is 10.5 Å². The molecule has 0 fully saturated rings. The summed E-state index contributed by atoms with van der Waals surface area (Å²) in [5, 5.41) is 3.46. The van der Waals surface area contributed by atoms with E-state index in [-0.39, 0.29) is 10.6 Å². The Morgan fingerprint density at radius 1 is 1.00 bits per heavy atom. The van der Waals surface area contributed by atoms with Crippen LogP contribution in [0.5, 0.6) is 11.5 Å². The predicted octanol–water partition coefficient (Wildman–Crippen LogP) is 5.94. The number of ether oxygens (including phenoxy) is 1. The van der Waals surface area contributed by atoms with Crippen LogP contribution in [0.1, 0.15) is 30.5 Å². The lowest BCUT2D eigenvalue weighted by molar-refractivity contribution is 0.326. The molecule has 0 bridgehead atoms. The molecule has 0 saturated heterocycles. The molecule has 1 N–H and O–H groups in total. The van der Waals surface area contributed by atoms with Gasteiger partial charge in [-0.05, 0) is 84.3 Å². The standard InChI is InChI=1S/C24H26INO4S/c1-4-19-8-6-7-9-22(19)26-16-18-14-21(25)24(23(15-18)29-5-2)30-31(27,28)20-12-10-17(3)11-13-20/h6-15,26H,4-5,16H2,1-3H3. The first kappa shape index (κ1) is 23.4. The summed E-state index contributed by atoms with van der Waals surface area (Å²) in [7, 11) is -3.97. The summed E-state index contributed by atoms with van der Waals surface area (Å²) in [4.78, 5) is 0.110. The number of benzene rings is 3. The van der Waals surface area contributed by atoms with E-state index in [1.165, 1.54) is 5.56 Å². The van der Waals surface area contributed by atoms with Crippen LogP contribution in [-0.4, -0.2) is 15.0 Å². The highest BCUT2D eigenvalue weighted by molar-refractivity contribution is 14.1. The molecule has 0 amide bonds. The van der Waals surface area contributed by atoms with Gasteiger partial charge >= 0.3 is 10.1 Å². The molecule has 0 unspecified atom stereocenters. The van der Waals surface area contributed by atoms with Gasteiger partial charge in [-0.15, -0.1) is 0 Å². The monoisotopic (exact) mass is 551 g/mol. The maximum atomic E-state index is 12.8. The highest BCUT2D eigenvalue weighted by Gasteiger charge is 2.22. The zero-order valence-electron chi connectivity index (χ0n) is 17.8. The second-order valence-electron chi connectivity index (χ2n) is 7.05. The van der Waals surface area contributed by atoms with E-state index in [0.29, 0.717) is 22.5 Å². The third-order valence-corrected chi connectivity index (χ3v) is 6.79. The molecule has 0 aliphatic rings. The third-order valence-electron chi connectivity index (χ3n) is 4.75. The molecule has 3 rings (SSSR count). The molecule has 0 aliphatic heterocycles. The van der Waals surface area contributed by atoms with E-state index in [0.717, 1.165) is 23.2 Å². The zero-order chi connectivity index (χ0) is 22.4. The highest BCUT2D eigenvalue weighted by atomic mass is 127. The van der Waals surface area contributed by atoms with Crippen LogP contribution >= 0.6 is 22.6 Å². The fraction of sp³-hybridized carbons (Fsp3) is 0.250. The fourth-order valence-corrected chi connectivity index (χ4v) is 5.01. The average Bonchev–Trinajstić information content (AvgIpc) is 2.75. The van der Waals surface area contributed by atoms with Crippen molar-refractivity contribution < 1.29 is 17.3 Å². The number of halogens is 1. The van der Waals surface area contributed by atoms with Crippen LogP contribution in [0.15, 0.2) is 65.6 Å². The van der Waals surface area contributed by atoms with Gasteiger partial charge in [0.25, 0.3) is 0 Å². The van der Waals surface area contributed by atoms with E-state index < -0.39 is 10.1 Å². The molecule has 0 aliphatic carbocycles. The molecule has 0 saturated carbocycles. The van der Waals surface area contributed by atoms with E-state index in [1.807, 2.05) is 38.1 Å². The molecule has 0 atom stereocenters. The first-order chi connectivity index (χ1) is 14.8. The van der Waals surface area contributed by atoms with Crippen molar-refractivity contribution in [2.45, 2.75) is 38.6 Å². The van der Waals surface area contributed by atoms with Crippen LogP contribution in [0.25, 0.3) is 0 Å². The number of anilines is 1. The molecular weight excluding hydrogens is 525 g/mol. The molecular formula is C24H26INO4S. The SMILES string of the molecule is CCOc1cc(CNc2ccccc2CC)cc(I)c1OS(=O)(=O)c1ccc(C)cc1. The first-order valence-electron chi connectivity index (χ1n) is 10.1. The number of aryl methyl sites for hydroxylation is 2. The van der Waals surface area contributed by atoms with Crippen LogP contribution < -0.4 is 14.2 Å². The third kappa shape index (κ3) is 5.92. The van der Waals surface area contributed by atoms with Crippen LogP contribution in [0.4, 0.5) is 5.69 Å². The Morgan fingerprint density at radius 2 is 1.71 bits per heavy atom. The van der Waals surface area contributed by atoms with Crippen molar-refractivity contribution in [3.63, 3.8) is 0 Å². The fourth-order valence-electron chi connectivity index (χ4n) is 3.13. The summed E-state index contributed by atoms with van der Waals surface area (Å²) < 4.78 is 37.5. The van der Waals surface area contributed by atoms with Gasteiger partial charge in [0.1, 0.15) is 4.90 Å². The van der Waals surface area contributed by atoms with Crippen LogP contribution in [0.3, 0.4) is 0 Å². The van der Waals surface area contributed by atoms with Crippen molar-refractivity contribution in [1.29, 1.82) is 0 Å². The minimum atomic E-state index is -3.97. The maximum absolute atomic E-state index is 12.8. The van der Waals surface area contributed by atoms with E-state index in [2.05, 4.69) is 47.0 Å². The second-order valence-corrected chi connectivity index (χ2v) is 9.76. The molecule has 0 radical (unpaired) electrons. The Morgan fingerprint density at radius 3 is 2.39 bits per heavy atom. The molecule has 0 heterocycles. The second kappa shape index (κ2) is 10.4. The molecule has 0 aromatic heterocycles. The van der Waals surface area contributed by atoms with Crippen molar-refractivity contribution >= 4 is 38.4 Å². The topological polar surface area (TPSA) is 64.6 Å². The minimum absolute atomic E-state index is 0.110. The summed E-state index contributed by atoms with van der Waals surface area (Å²) in [6.07, 6.45) is 0.939. The number of para-hydroxylation sites is 1. The summed E-state index contributed by atoms with van der Waals surface area (Å²) >= 11 is 2.09. The molecule has 5 nitrogen and oxygen atoms in total. The van der Waals surface area contributed by atoms with Crippen molar-refractivity contribution in [2.24, 2.45) is 0 Å². The molecule has 0 spiro atoms. The van der Waals surface area contributed by atoms with Gasteiger partial charge in [-0.2, -0.15) is 8.42 Å². The van der Waals surface area contributed by atoms with Gasteiger partial charge in [0, 0.05) is 12.2 Å². The molecule has 164 valence electrons. The van der Waals surface area contributed by atoms with Gasteiger partial charge in [0.05, 0.1) is 10.2 Å². The first-order valence-corrected chi connectivity index (χ1v) is 12.6. The zero-order valence-corrected chi connectivity index (χ0v) is 20.8. The van der Waals surface area contributed by atoms with E-state index >= 15 is 0 Å². The molecule has 7 heteroatoms. The minimum Gasteiger partial charge on any atom is -0.490 e. The van der Waals surface area contributed by atoms with Gasteiger partial charge in [0.2, 0.25) is 0 Å². The lowest BCUT2D eigenvalue weighted by Gasteiger charge is -2.16. The number of nitrogens with one attached hydrogen (secondary N) is 1. The van der Waals surface area contributed by atoms with Gasteiger partial charge in [-0.1, -0.05) is 42.8 Å². The van der Waals surface area contributed by atoms with Crippen molar-refractivity contribution in [2.75, 3.05) is 11.9 Å². The Hall–Kier alpha value is -2.26. The van der Waals surface area contributed by atoms with Gasteiger partial charge in [-0.3, -0.25) is 0 Å². The molecule has 3 aromatic rings. The normalized spacial score (nSPS) is 11.2. The van der Waals surface area contributed by atoms with Crippen LogP contribution in [-0.2, 0) is 23.1 Å². The summed E-state index contributed by atoms with van der Waals surface area (Å²) in [5.41, 5.74) is 4.27. The van der Waals surface area contributed by atoms with Crippen molar-refractivity contribution in [1.82, 2.24) is 0 Å². The van der Waals surface area contributed by atoms with E-state index in [4.69, 9.17) is 8.92 Å². The largest absolute Gasteiger partial charge is 0.490 e. The summed E-state index contributed by atoms with van der Waals surface area (Å²) in [5.74, 6) is 0.617. The van der Waals surface area contributed by atoms with Crippen LogP contribution in [0.2, 0.25) is 0 Å². The lowest BCUT2D eigenvalue weighted by Crippen LogP contribution is -2.12. The van der Waals surface area contributed by atoms with Crippen molar-refractivity contribution in [3.05, 3.63) is 80.9 Å². The lowest BCUT2D eigenvalue weighted by atomic mass is 10.1. The highest BCUT2D eigenvalue weighted by Crippen LogP contribution is 2.36. The average molecular weight is 551 g/mol. The van der Waals surface area contributed by atoms with Gasteiger partial charge < -0.3 is 14.2 Å². The number of hydrogen-bond donors (Lipinski definition) is 1.